The molecule has 0 N–H and O–H groups in total. The first-order valence-corrected chi connectivity index (χ1v) is 12.6. The maximum atomic E-state index is 12.6. The summed E-state index contributed by atoms with van der Waals surface area (Å²) in [6.45, 7) is 15.3. The molecule has 0 heterocycles. The first kappa shape index (κ1) is 30.3. The summed E-state index contributed by atoms with van der Waals surface area (Å²) in [4.78, 5) is 48.3. The van der Waals surface area contributed by atoms with E-state index in [1.165, 1.54) is 26.0 Å². The number of ether oxygens (including phenoxy) is 4. The van der Waals surface area contributed by atoms with Gasteiger partial charge in [0.2, 0.25) is 0 Å². The van der Waals surface area contributed by atoms with Gasteiger partial charge >= 0.3 is 23.9 Å². The third-order valence-corrected chi connectivity index (χ3v) is 5.60. The molecular formula is C33H30O8. The highest BCUT2D eigenvalue weighted by atomic mass is 16.6. The Balaban J connectivity index is 1.61. The van der Waals surface area contributed by atoms with E-state index in [1.54, 1.807) is 61.5 Å². The number of esters is 4. The molecule has 0 bridgehead atoms. The van der Waals surface area contributed by atoms with Gasteiger partial charge in [0.05, 0.1) is 12.2 Å². The second-order valence-electron chi connectivity index (χ2n) is 9.28. The third kappa shape index (κ3) is 8.63. The molecular weight excluding hydrogens is 524 g/mol. The van der Waals surface area contributed by atoms with Crippen molar-refractivity contribution in [2.45, 2.75) is 27.2 Å². The van der Waals surface area contributed by atoms with Crippen molar-refractivity contribution in [3.05, 3.63) is 114 Å². The number of carbonyl (C=O) groups is 4. The van der Waals surface area contributed by atoms with Crippen LogP contribution in [0.1, 0.15) is 36.7 Å². The van der Waals surface area contributed by atoms with Crippen molar-refractivity contribution in [3.63, 3.8) is 0 Å². The van der Waals surface area contributed by atoms with Crippen LogP contribution >= 0.6 is 0 Å². The van der Waals surface area contributed by atoms with Gasteiger partial charge in [0.15, 0.2) is 11.5 Å². The third-order valence-electron chi connectivity index (χ3n) is 5.60. The number of benzene rings is 3. The Hall–Kier alpha value is -5.24. The van der Waals surface area contributed by atoms with E-state index in [1.807, 2.05) is 0 Å². The smallest absolute Gasteiger partial charge is 0.338 e. The second kappa shape index (κ2) is 13.7. The van der Waals surface area contributed by atoms with Gasteiger partial charge in [-0.25, -0.2) is 19.2 Å². The van der Waals surface area contributed by atoms with Crippen LogP contribution in [0.2, 0.25) is 0 Å². The Morgan fingerprint density at radius 3 is 1.63 bits per heavy atom. The van der Waals surface area contributed by atoms with E-state index >= 15 is 0 Å². The first-order chi connectivity index (χ1) is 19.4. The molecule has 0 fully saturated rings. The van der Waals surface area contributed by atoms with Gasteiger partial charge in [0.25, 0.3) is 0 Å². The van der Waals surface area contributed by atoms with E-state index in [9.17, 15) is 19.2 Å². The molecule has 0 atom stereocenters. The average Bonchev–Trinajstić information content (AvgIpc) is 2.94. The minimum Gasteiger partial charge on any atom is -0.462 e. The molecule has 3 rings (SSSR count). The second-order valence-corrected chi connectivity index (χ2v) is 9.28. The summed E-state index contributed by atoms with van der Waals surface area (Å²) in [5.41, 5.74) is 3.47. The predicted molar refractivity (Wildman–Crippen MR) is 154 cm³/mol. The van der Waals surface area contributed by atoms with Crippen molar-refractivity contribution in [2.24, 2.45) is 0 Å². The van der Waals surface area contributed by atoms with Gasteiger partial charge in [-0.05, 0) is 73.9 Å². The predicted octanol–water partition coefficient (Wildman–Crippen LogP) is 6.20. The van der Waals surface area contributed by atoms with Crippen LogP contribution in [0.3, 0.4) is 0 Å². The van der Waals surface area contributed by atoms with E-state index in [2.05, 4.69) is 19.7 Å². The van der Waals surface area contributed by atoms with Crippen molar-refractivity contribution < 1.29 is 38.1 Å². The maximum absolute atomic E-state index is 12.6. The fraction of sp³-hybridized carbons (Fsp3) is 0.152. The topological polar surface area (TPSA) is 105 Å². The van der Waals surface area contributed by atoms with Crippen molar-refractivity contribution in [1.82, 2.24) is 0 Å². The SMILES string of the molecule is C=C(C)C(=O)Oc1ccc(-c2ccc(C(=O)OCCc3ccc(OC(=O)C(=C)C)c(OC(=O)C(=C)C)c3)cc2)cc1. The van der Waals surface area contributed by atoms with Gasteiger partial charge < -0.3 is 18.9 Å². The van der Waals surface area contributed by atoms with Crippen molar-refractivity contribution >= 4 is 23.9 Å². The molecule has 0 radical (unpaired) electrons. The fourth-order valence-electron chi connectivity index (χ4n) is 3.30. The molecule has 0 unspecified atom stereocenters. The van der Waals surface area contributed by atoms with E-state index in [-0.39, 0.29) is 29.3 Å². The standard InChI is InChI=1S/C33H30O8/c1-20(2)30(34)39-27-14-12-25(13-15-27)24-8-10-26(11-9-24)33(37)38-18-17-23-7-16-28(40-31(35)21(3)4)29(19-23)41-32(36)22(5)6/h7-16,19H,1,3,5,17-18H2,2,4,6H3. The summed E-state index contributed by atoms with van der Waals surface area (Å²) in [6, 6.07) is 18.6. The number of hydrogen-bond donors (Lipinski definition) is 0. The van der Waals surface area contributed by atoms with Crippen LogP contribution in [0.25, 0.3) is 11.1 Å². The van der Waals surface area contributed by atoms with Gasteiger partial charge in [-0.3, -0.25) is 0 Å². The maximum Gasteiger partial charge on any atom is 0.338 e. The number of hydrogen-bond acceptors (Lipinski definition) is 8. The lowest BCUT2D eigenvalue weighted by Crippen LogP contribution is -2.13. The molecule has 41 heavy (non-hydrogen) atoms. The van der Waals surface area contributed by atoms with Gasteiger partial charge in [-0.15, -0.1) is 0 Å². The van der Waals surface area contributed by atoms with Crippen molar-refractivity contribution in [1.29, 1.82) is 0 Å². The molecule has 0 aromatic heterocycles. The van der Waals surface area contributed by atoms with Crippen molar-refractivity contribution in [2.75, 3.05) is 6.61 Å². The summed E-state index contributed by atoms with van der Waals surface area (Å²) in [5.74, 6) is -1.83. The van der Waals surface area contributed by atoms with Crippen LogP contribution in [0.5, 0.6) is 17.2 Å². The van der Waals surface area contributed by atoms with Crippen LogP contribution in [0.15, 0.2) is 103 Å². The molecule has 210 valence electrons. The Morgan fingerprint density at radius 2 is 1.10 bits per heavy atom. The molecule has 0 spiro atoms. The van der Waals surface area contributed by atoms with Gasteiger partial charge in [-0.1, -0.05) is 50.1 Å². The van der Waals surface area contributed by atoms with E-state index in [4.69, 9.17) is 18.9 Å². The summed E-state index contributed by atoms with van der Waals surface area (Å²) in [6.07, 6.45) is 0.318. The highest BCUT2D eigenvalue weighted by molar-refractivity contribution is 5.92. The lowest BCUT2D eigenvalue weighted by Gasteiger charge is -2.12. The van der Waals surface area contributed by atoms with Crippen LogP contribution in [0, 0.1) is 0 Å². The zero-order valence-corrected chi connectivity index (χ0v) is 23.2. The molecule has 0 saturated heterocycles. The van der Waals surface area contributed by atoms with Crippen molar-refractivity contribution in [3.8, 4) is 28.4 Å². The van der Waals surface area contributed by atoms with Crippen LogP contribution in [-0.2, 0) is 25.5 Å². The molecule has 0 saturated carbocycles. The van der Waals surface area contributed by atoms with Gasteiger partial charge in [-0.2, -0.15) is 0 Å². The number of carbonyl (C=O) groups excluding carboxylic acids is 4. The monoisotopic (exact) mass is 554 g/mol. The lowest BCUT2D eigenvalue weighted by molar-refractivity contribution is -0.132. The molecule has 8 heteroatoms. The molecule has 8 nitrogen and oxygen atoms in total. The normalized spacial score (nSPS) is 10.2. The van der Waals surface area contributed by atoms with E-state index in [0.717, 1.165) is 11.1 Å². The van der Waals surface area contributed by atoms with E-state index in [0.29, 0.717) is 28.9 Å². The van der Waals surface area contributed by atoms with Crippen LogP contribution < -0.4 is 14.2 Å². The highest BCUT2D eigenvalue weighted by Crippen LogP contribution is 2.30. The Morgan fingerprint density at radius 1 is 0.610 bits per heavy atom. The largest absolute Gasteiger partial charge is 0.462 e. The molecule has 3 aromatic rings. The summed E-state index contributed by atoms with van der Waals surface area (Å²) in [7, 11) is 0. The zero-order valence-electron chi connectivity index (χ0n) is 23.2. The summed E-state index contributed by atoms with van der Waals surface area (Å²) < 4.78 is 21.2. The Bertz CT molecular complexity index is 1510. The fourth-order valence-corrected chi connectivity index (χ4v) is 3.30. The minimum absolute atomic E-state index is 0.0361. The lowest BCUT2D eigenvalue weighted by atomic mass is 10.0. The zero-order chi connectivity index (χ0) is 30.1. The molecule has 0 aliphatic carbocycles. The minimum atomic E-state index is -0.674. The first-order valence-electron chi connectivity index (χ1n) is 12.6. The molecule has 0 aliphatic heterocycles. The quantitative estimate of drug-likeness (QED) is 0.157. The average molecular weight is 555 g/mol. The van der Waals surface area contributed by atoms with E-state index < -0.39 is 23.9 Å². The van der Waals surface area contributed by atoms with Crippen LogP contribution in [-0.4, -0.2) is 30.5 Å². The molecule has 0 amide bonds. The molecule has 3 aromatic carbocycles. The van der Waals surface area contributed by atoms with Gasteiger partial charge in [0.1, 0.15) is 5.75 Å². The molecule has 0 aliphatic rings. The summed E-state index contributed by atoms with van der Waals surface area (Å²) >= 11 is 0. The highest BCUT2D eigenvalue weighted by Gasteiger charge is 2.16. The Kier molecular flexibility index (Phi) is 10.1. The van der Waals surface area contributed by atoms with Gasteiger partial charge in [0, 0.05) is 23.1 Å². The Labute approximate surface area is 238 Å². The van der Waals surface area contributed by atoms with Crippen LogP contribution in [0.4, 0.5) is 0 Å². The number of rotatable bonds is 11. The summed E-state index contributed by atoms with van der Waals surface area (Å²) in [5, 5.41) is 0.